The number of hydrogen-bond acceptors (Lipinski definition) is 2. The zero-order valence-corrected chi connectivity index (χ0v) is 8.49. The SMILES string of the molecule is CC(=O)CC(=O)N(Cl)c1ccccc1. The Morgan fingerprint density at radius 1 is 1.29 bits per heavy atom. The Kier molecular flexibility index (Phi) is 3.65. The van der Waals surface area contributed by atoms with E-state index in [1.54, 1.807) is 24.3 Å². The first-order chi connectivity index (χ1) is 6.61. The van der Waals surface area contributed by atoms with Gasteiger partial charge in [0.25, 0.3) is 0 Å². The summed E-state index contributed by atoms with van der Waals surface area (Å²) in [5.41, 5.74) is 0.570. The smallest absolute Gasteiger partial charge is 0.249 e. The normalized spacial score (nSPS) is 9.57. The first kappa shape index (κ1) is 10.7. The second-order valence-corrected chi connectivity index (χ2v) is 3.23. The number of Topliss-reactive ketones (excluding diaryl/α,β-unsaturated/α-hetero) is 1. The number of rotatable bonds is 3. The summed E-state index contributed by atoms with van der Waals surface area (Å²) in [6.45, 7) is 1.35. The van der Waals surface area contributed by atoms with E-state index in [9.17, 15) is 9.59 Å². The predicted molar refractivity (Wildman–Crippen MR) is 55.1 cm³/mol. The summed E-state index contributed by atoms with van der Waals surface area (Å²) in [7, 11) is 0. The molecule has 0 aromatic heterocycles. The lowest BCUT2D eigenvalue weighted by molar-refractivity contribution is -0.124. The molecule has 1 rings (SSSR count). The molecule has 3 nitrogen and oxygen atoms in total. The Hall–Kier alpha value is -1.35. The maximum atomic E-state index is 11.3. The number of amides is 1. The minimum Gasteiger partial charge on any atom is -0.299 e. The average molecular weight is 212 g/mol. The van der Waals surface area contributed by atoms with Gasteiger partial charge in [0.15, 0.2) is 0 Å². The summed E-state index contributed by atoms with van der Waals surface area (Å²) in [5.74, 6) is -0.609. The number of halogens is 1. The molecule has 0 bridgehead atoms. The van der Waals surface area contributed by atoms with Gasteiger partial charge in [-0.1, -0.05) is 18.2 Å². The second kappa shape index (κ2) is 4.77. The number of anilines is 1. The first-order valence-electron chi connectivity index (χ1n) is 4.14. The van der Waals surface area contributed by atoms with Crippen molar-refractivity contribution in [1.82, 2.24) is 0 Å². The second-order valence-electron chi connectivity index (χ2n) is 2.89. The molecule has 0 saturated heterocycles. The molecule has 74 valence electrons. The molecule has 0 N–H and O–H groups in total. The van der Waals surface area contributed by atoms with E-state index in [0.29, 0.717) is 5.69 Å². The van der Waals surface area contributed by atoms with Gasteiger partial charge in [0, 0.05) is 11.8 Å². The van der Waals surface area contributed by atoms with Crippen LogP contribution in [0.15, 0.2) is 30.3 Å². The highest BCUT2D eigenvalue weighted by atomic mass is 35.5. The molecule has 0 atom stereocenters. The fourth-order valence-electron chi connectivity index (χ4n) is 0.985. The topological polar surface area (TPSA) is 37.4 Å². The van der Waals surface area contributed by atoms with Crippen molar-refractivity contribution in [2.75, 3.05) is 4.42 Å². The highest BCUT2D eigenvalue weighted by Crippen LogP contribution is 2.16. The Morgan fingerprint density at radius 3 is 2.36 bits per heavy atom. The lowest BCUT2D eigenvalue weighted by Crippen LogP contribution is -2.22. The van der Waals surface area contributed by atoms with E-state index in [4.69, 9.17) is 11.8 Å². The van der Waals surface area contributed by atoms with Crippen LogP contribution in [0.25, 0.3) is 0 Å². The van der Waals surface area contributed by atoms with Gasteiger partial charge in [-0.05, 0) is 19.1 Å². The summed E-state index contributed by atoms with van der Waals surface area (Å²) < 4.78 is 0.960. The molecule has 1 aromatic carbocycles. The molecule has 0 heterocycles. The molecule has 0 spiro atoms. The minimum atomic E-state index is -0.412. The molecule has 0 unspecified atom stereocenters. The van der Waals surface area contributed by atoms with Crippen molar-refractivity contribution >= 4 is 29.2 Å². The number of nitrogens with zero attached hydrogens (tertiary/aromatic N) is 1. The summed E-state index contributed by atoms with van der Waals surface area (Å²) in [6.07, 6.45) is -0.168. The molecule has 0 aliphatic rings. The monoisotopic (exact) mass is 211 g/mol. The van der Waals surface area contributed by atoms with Gasteiger partial charge < -0.3 is 0 Å². The van der Waals surface area contributed by atoms with Crippen LogP contribution in [-0.4, -0.2) is 11.7 Å². The lowest BCUT2D eigenvalue weighted by Gasteiger charge is -2.12. The first-order valence-corrected chi connectivity index (χ1v) is 4.48. The van der Waals surface area contributed by atoms with Crippen molar-refractivity contribution in [3.05, 3.63) is 30.3 Å². The zero-order chi connectivity index (χ0) is 10.6. The van der Waals surface area contributed by atoms with E-state index < -0.39 is 5.91 Å². The van der Waals surface area contributed by atoms with Crippen LogP contribution in [0.5, 0.6) is 0 Å². The fourth-order valence-corrected chi connectivity index (χ4v) is 1.16. The van der Waals surface area contributed by atoms with Gasteiger partial charge in [-0.2, -0.15) is 0 Å². The largest absolute Gasteiger partial charge is 0.299 e. The van der Waals surface area contributed by atoms with Crippen LogP contribution in [0, 0.1) is 0 Å². The zero-order valence-electron chi connectivity index (χ0n) is 7.74. The van der Waals surface area contributed by atoms with Crippen LogP contribution >= 0.6 is 11.8 Å². The van der Waals surface area contributed by atoms with Crippen molar-refractivity contribution in [2.45, 2.75) is 13.3 Å². The summed E-state index contributed by atoms with van der Waals surface area (Å²) in [4.78, 5) is 22.0. The van der Waals surface area contributed by atoms with Crippen molar-refractivity contribution in [3.8, 4) is 0 Å². The molecule has 0 aliphatic heterocycles. The van der Waals surface area contributed by atoms with E-state index >= 15 is 0 Å². The molecule has 0 aliphatic carbocycles. The Labute approximate surface area is 87.4 Å². The molecular formula is C10H10ClNO2. The van der Waals surface area contributed by atoms with E-state index in [-0.39, 0.29) is 12.2 Å². The Balaban J connectivity index is 2.71. The predicted octanol–water partition coefficient (Wildman–Crippen LogP) is 2.15. The van der Waals surface area contributed by atoms with Crippen LogP contribution in [0.4, 0.5) is 5.69 Å². The maximum Gasteiger partial charge on any atom is 0.249 e. The minimum absolute atomic E-state index is 0.168. The molecular weight excluding hydrogens is 202 g/mol. The number of benzene rings is 1. The molecule has 1 aromatic rings. The van der Waals surface area contributed by atoms with Gasteiger partial charge in [-0.15, -0.1) is 0 Å². The van der Waals surface area contributed by atoms with Gasteiger partial charge in [-0.3, -0.25) is 9.59 Å². The standard InChI is InChI=1S/C10H10ClNO2/c1-8(13)7-10(14)12(11)9-5-3-2-4-6-9/h2-6H,7H2,1H3. The van der Waals surface area contributed by atoms with E-state index in [1.165, 1.54) is 6.92 Å². The third-order valence-electron chi connectivity index (χ3n) is 1.60. The van der Waals surface area contributed by atoms with E-state index in [1.807, 2.05) is 6.07 Å². The van der Waals surface area contributed by atoms with Crippen LogP contribution in [0.1, 0.15) is 13.3 Å². The van der Waals surface area contributed by atoms with Gasteiger partial charge in [-0.25, -0.2) is 4.42 Å². The number of para-hydroxylation sites is 1. The number of carbonyl (C=O) groups excluding carboxylic acids is 2. The number of hydrogen-bond donors (Lipinski definition) is 0. The van der Waals surface area contributed by atoms with Gasteiger partial charge >= 0.3 is 0 Å². The molecule has 14 heavy (non-hydrogen) atoms. The van der Waals surface area contributed by atoms with Crippen molar-refractivity contribution < 1.29 is 9.59 Å². The highest BCUT2D eigenvalue weighted by Gasteiger charge is 2.14. The molecule has 0 saturated carbocycles. The van der Waals surface area contributed by atoms with E-state index in [2.05, 4.69) is 0 Å². The average Bonchev–Trinajstić information content (AvgIpc) is 2.17. The molecule has 0 radical (unpaired) electrons. The fraction of sp³-hybridized carbons (Fsp3) is 0.200. The van der Waals surface area contributed by atoms with Gasteiger partial charge in [0.1, 0.15) is 5.78 Å². The Morgan fingerprint density at radius 2 is 1.86 bits per heavy atom. The molecule has 1 amide bonds. The van der Waals surface area contributed by atoms with Gasteiger partial charge in [0.05, 0.1) is 12.1 Å². The summed E-state index contributed by atoms with van der Waals surface area (Å²) in [6, 6.07) is 8.76. The van der Waals surface area contributed by atoms with Crippen molar-refractivity contribution in [2.24, 2.45) is 0 Å². The lowest BCUT2D eigenvalue weighted by atomic mass is 10.2. The van der Waals surface area contributed by atoms with E-state index in [0.717, 1.165) is 4.42 Å². The van der Waals surface area contributed by atoms with Gasteiger partial charge in [0.2, 0.25) is 5.91 Å². The molecule has 4 heteroatoms. The quantitative estimate of drug-likeness (QED) is 0.568. The maximum absolute atomic E-state index is 11.3. The summed E-state index contributed by atoms with van der Waals surface area (Å²) >= 11 is 5.73. The van der Waals surface area contributed by atoms with Crippen LogP contribution < -0.4 is 4.42 Å². The summed E-state index contributed by atoms with van der Waals surface area (Å²) in [5, 5.41) is 0. The highest BCUT2D eigenvalue weighted by molar-refractivity contribution is 6.37. The van der Waals surface area contributed by atoms with Crippen molar-refractivity contribution in [1.29, 1.82) is 0 Å². The third kappa shape index (κ3) is 2.85. The third-order valence-corrected chi connectivity index (χ3v) is 1.99. The number of carbonyl (C=O) groups is 2. The van der Waals surface area contributed by atoms with Crippen LogP contribution in [0.3, 0.4) is 0 Å². The van der Waals surface area contributed by atoms with Crippen molar-refractivity contribution in [3.63, 3.8) is 0 Å². The van der Waals surface area contributed by atoms with Crippen LogP contribution in [-0.2, 0) is 9.59 Å². The molecule has 0 fully saturated rings. The van der Waals surface area contributed by atoms with Crippen LogP contribution in [0.2, 0.25) is 0 Å². The number of ketones is 1. The Bertz CT molecular complexity index is 337.